The second-order valence-corrected chi connectivity index (χ2v) is 9.76. The highest BCUT2D eigenvalue weighted by atomic mass is 16.3. The molecule has 2 fully saturated rings. The normalized spacial score (nSPS) is 19.5. The van der Waals surface area contributed by atoms with Gasteiger partial charge in [-0.2, -0.15) is 0 Å². The third kappa shape index (κ3) is 5.23. The predicted octanol–water partition coefficient (Wildman–Crippen LogP) is 1.65. The summed E-state index contributed by atoms with van der Waals surface area (Å²) < 4.78 is 0. The molecule has 8 nitrogen and oxygen atoms in total. The van der Waals surface area contributed by atoms with E-state index in [-0.39, 0.29) is 30.3 Å². The van der Waals surface area contributed by atoms with Gasteiger partial charge in [0.2, 0.25) is 5.91 Å². The number of rotatable bonds is 8. The largest absolute Gasteiger partial charge is 0.390 e. The van der Waals surface area contributed by atoms with Gasteiger partial charge in [-0.25, -0.2) is 0 Å². The lowest BCUT2D eigenvalue weighted by molar-refractivity contribution is -0.142. The molecule has 3 N–H and O–H groups in total. The zero-order valence-corrected chi connectivity index (χ0v) is 19.4. The van der Waals surface area contributed by atoms with Crippen LogP contribution in [0.1, 0.15) is 40.9 Å². The second-order valence-electron chi connectivity index (χ2n) is 9.76. The lowest BCUT2D eigenvalue weighted by Crippen LogP contribution is -2.58. The van der Waals surface area contributed by atoms with Crippen molar-refractivity contribution in [3.63, 3.8) is 0 Å². The number of hydrogen-bond donors (Lipinski definition) is 3. The van der Waals surface area contributed by atoms with Crippen LogP contribution < -0.4 is 10.6 Å². The van der Waals surface area contributed by atoms with E-state index in [1.165, 1.54) is 11.1 Å². The van der Waals surface area contributed by atoms with Crippen LogP contribution in [0.3, 0.4) is 0 Å². The number of likely N-dealkylation sites (tertiary alicyclic amines) is 1. The van der Waals surface area contributed by atoms with Crippen molar-refractivity contribution in [3.8, 4) is 0 Å². The Labute approximate surface area is 200 Å². The number of hydrogen-bond acceptors (Lipinski definition) is 6. The van der Waals surface area contributed by atoms with E-state index >= 15 is 0 Å². The minimum absolute atomic E-state index is 0.178. The molecule has 3 heterocycles. The number of carbonyl (C=O) groups excluding carboxylic acids is 2. The number of β-amino-alcohol motifs (C(OH)–C–C–N with tert-alkyl or cyclic N) is 1. The number of amides is 2. The van der Waals surface area contributed by atoms with Crippen molar-refractivity contribution in [2.75, 3.05) is 38.0 Å². The van der Waals surface area contributed by atoms with E-state index in [0.717, 1.165) is 44.5 Å². The summed E-state index contributed by atoms with van der Waals surface area (Å²) in [5.41, 5.74) is 3.81. The number of carbonyl (C=O) groups is 2. The first kappa shape index (κ1) is 22.8. The number of aliphatic hydroxyl groups excluding tert-OH is 1. The molecule has 1 aromatic carbocycles. The molecule has 0 bridgehead atoms. The van der Waals surface area contributed by atoms with Crippen LogP contribution in [0.25, 0.3) is 0 Å². The van der Waals surface area contributed by atoms with Crippen LogP contribution in [0.4, 0.5) is 5.69 Å². The van der Waals surface area contributed by atoms with Gasteiger partial charge in [-0.1, -0.05) is 30.7 Å². The predicted molar refractivity (Wildman–Crippen MR) is 129 cm³/mol. The average Bonchev–Trinajstić information content (AvgIpc) is 2.78. The van der Waals surface area contributed by atoms with E-state index in [9.17, 15) is 14.7 Å². The van der Waals surface area contributed by atoms with Gasteiger partial charge in [0.05, 0.1) is 12.1 Å². The Morgan fingerprint density at radius 2 is 1.94 bits per heavy atom. The van der Waals surface area contributed by atoms with Crippen molar-refractivity contribution >= 4 is 17.5 Å². The number of nitrogens with zero attached hydrogens (tertiary/aromatic N) is 3. The molecule has 1 unspecified atom stereocenters. The maximum Gasteiger partial charge on any atom is 0.270 e. The fourth-order valence-electron chi connectivity index (χ4n) is 4.92. The summed E-state index contributed by atoms with van der Waals surface area (Å²) in [6.07, 6.45) is 5.15. The molecule has 1 saturated heterocycles. The third-order valence-electron chi connectivity index (χ3n) is 7.19. The Morgan fingerprint density at radius 1 is 1.15 bits per heavy atom. The van der Waals surface area contributed by atoms with Crippen LogP contribution in [-0.4, -0.2) is 76.6 Å². The number of fused-ring (bicyclic) bond motifs is 1. The van der Waals surface area contributed by atoms with E-state index in [1.54, 1.807) is 12.3 Å². The molecule has 2 aromatic rings. The van der Waals surface area contributed by atoms with Gasteiger partial charge in [0.25, 0.3) is 5.91 Å². The number of benzene rings is 1. The van der Waals surface area contributed by atoms with Gasteiger partial charge in [0.1, 0.15) is 5.69 Å². The Morgan fingerprint density at radius 3 is 2.71 bits per heavy atom. The van der Waals surface area contributed by atoms with Crippen LogP contribution in [0.2, 0.25) is 0 Å². The first-order valence-corrected chi connectivity index (χ1v) is 12.3. The molecule has 2 amide bonds. The SMILES string of the molecule is O=C(NCC(O)CN1CCc2ccccc2C1)c1cc(NC2CN(C(=O)C3CCC3)C2)ccn1. The smallest absolute Gasteiger partial charge is 0.270 e. The minimum atomic E-state index is -0.648. The molecule has 5 rings (SSSR count). The summed E-state index contributed by atoms with van der Waals surface area (Å²) in [6, 6.07) is 12.2. The van der Waals surface area contributed by atoms with Crippen LogP contribution in [-0.2, 0) is 17.8 Å². The number of aliphatic hydroxyl groups is 1. The fourth-order valence-corrected chi connectivity index (χ4v) is 4.92. The molecule has 34 heavy (non-hydrogen) atoms. The molecule has 8 heteroatoms. The summed E-state index contributed by atoms with van der Waals surface area (Å²) in [4.78, 5) is 33.2. The molecule has 1 aliphatic carbocycles. The molecule has 0 spiro atoms. The molecule has 3 aliphatic rings. The Kier molecular flexibility index (Phi) is 6.78. The van der Waals surface area contributed by atoms with Gasteiger partial charge in [-0.05, 0) is 42.5 Å². The fraction of sp³-hybridized carbons (Fsp3) is 0.500. The van der Waals surface area contributed by atoms with Crippen LogP contribution >= 0.6 is 0 Å². The van der Waals surface area contributed by atoms with Crippen molar-refractivity contribution in [2.24, 2.45) is 5.92 Å². The van der Waals surface area contributed by atoms with Gasteiger partial charge in [-0.3, -0.25) is 19.5 Å². The lowest BCUT2D eigenvalue weighted by atomic mass is 9.83. The van der Waals surface area contributed by atoms with Gasteiger partial charge >= 0.3 is 0 Å². The topological polar surface area (TPSA) is 97.8 Å². The summed E-state index contributed by atoms with van der Waals surface area (Å²) >= 11 is 0. The summed E-state index contributed by atoms with van der Waals surface area (Å²) in [5, 5.41) is 16.7. The molecule has 180 valence electrons. The van der Waals surface area contributed by atoms with Gasteiger partial charge < -0.3 is 20.6 Å². The number of pyridine rings is 1. The monoisotopic (exact) mass is 463 g/mol. The van der Waals surface area contributed by atoms with E-state index in [0.29, 0.717) is 25.3 Å². The maximum absolute atomic E-state index is 12.6. The van der Waals surface area contributed by atoms with Gasteiger partial charge in [-0.15, -0.1) is 0 Å². The molecule has 0 radical (unpaired) electrons. The van der Waals surface area contributed by atoms with E-state index in [2.05, 4.69) is 38.7 Å². The first-order chi connectivity index (χ1) is 16.5. The second kappa shape index (κ2) is 10.1. The van der Waals surface area contributed by atoms with Gasteiger partial charge in [0, 0.05) is 57.1 Å². The number of aromatic nitrogens is 1. The zero-order valence-electron chi connectivity index (χ0n) is 19.4. The molecule has 2 aliphatic heterocycles. The molecule has 1 aromatic heterocycles. The molecular formula is C26H33N5O3. The lowest BCUT2D eigenvalue weighted by Gasteiger charge is -2.43. The standard InChI is InChI=1S/C26H33N5O3/c32-23(17-30-11-9-18-4-1-2-5-20(18)14-30)13-28-25(33)24-12-21(8-10-27-24)29-22-15-31(16-22)26(34)19-6-3-7-19/h1-2,4-5,8,10,12,19,22-23,32H,3,6-7,9,11,13-17H2,(H,27,29)(H,28,33). The average molecular weight is 464 g/mol. The summed E-state index contributed by atoms with van der Waals surface area (Å²) in [5.74, 6) is 0.215. The van der Waals surface area contributed by atoms with E-state index < -0.39 is 6.10 Å². The zero-order chi connectivity index (χ0) is 23.5. The summed E-state index contributed by atoms with van der Waals surface area (Å²) in [7, 11) is 0. The molecule has 1 saturated carbocycles. The quantitative estimate of drug-likeness (QED) is 0.551. The third-order valence-corrected chi connectivity index (χ3v) is 7.19. The van der Waals surface area contributed by atoms with Crippen molar-refractivity contribution in [1.82, 2.24) is 20.1 Å². The van der Waals surface area contributed by atoms with E-state index in [1.807, 2.05) is 17.0 Å². The van der Waals surface area contributed by atoms with Crippen molar-refractivity contribution < 1.29 is 14.7 Å². The minimum Gasteiger partial charge on any atom is -0.390 e. The summed E-state index contributed by atoms with van der Waals surface area (Å²) in [6.45, 7) is 3.82. The molecule has 1 atom stereocenters. The highest BCUT2D eigenvalue weighted by Gasteiger charge is 2.36. The van der Waals surface area contributed by atoms with Crippen molar-refractivity contribution in [1.29, 1.82) is 0 Å². The van der Waals surface area contributed by atoms with Crippen LogP contribution in [0.15, 0.2) is 42.6 Å². The number of nitrogens with one attached hydrogen (secondary N) is 2. The van der Waals surface area contributed by atoms with Crippen molar-refractivity contribution in [2.45, 2.75) is 44.4 Å². The van der Waals surface area contributed by atoms with E-state index in [4.69, 9.17) is 0 Å². The Hall–Kier alpha value is -2.97. The van der Waals surface area contributed by atoms with Gasteiger partial charge in [0.15, 0.2) is 0 Å². The highest BCUT2D eigenvalue weighted by molar-refractivity contribution is 5.93. The Bertz CT molecular complexity index is 1030. The molecular weight excluding hydrogens is 430 g/mol. The van der Waals surface area contributed by atoms with Crippen LogP contribution in [0, 0.1) is 5.92 Å². The van der Waals surface area contributed by atoms with Crippen molar-refractivity contribution in [3.05, 3.63) is 59.4 Å². The first-order valence-electron chi connectivity index (χ1n) is 12.3. The Balaban J connectivity index is 1.06. The number of anilines is 1. The highest BCUT2D eigenvalue weighted by Crippen LogP contribution is 2.30. The van der Waals surface area contributed by atoms with Crippen LogP contribution in [0.5, 0.6) is 0 Å². The maximum atomic E-state index is 12.6.